The Balaban J connectivity index is 2.07. The molecular formula is C13H11ClFNS. The monoisotopic (exact) mass is 267 g/mol. The number of anilines is 1. The Labute approximate surface area is 109 Å². The summed E-state index contributed by atoms with van der Waals surface area (Å²) >= 11 is 7.42. The smallest absolute Gasteiger partial charge is 0.129 e. The quantitative estimate of drug-likeness (QED) is 0.661. The summed E-state index contributed by atoms with van der Waals surface area (Å²) in [6.45, 7) is 0. The first-order chi connectivity index (χ1) is 8.15. The van der Waals surface area contributed by atoms with Gasteiger partial charge in [-0.3, -0.25) is 0 Å². The van der Waals surface area contributed by atoms with Gasteiger partial charge in [-0.25, -0.2) is 4.39 Å². The molecule has 0 aliphatic carbocycles. The Bertz CT molecular complexity index is 531. The molecule has 0 unspecified atom stereocenters. The fourth-order valence-corrected chi connectivity index (χ4v) is 2.59. The number of thioether (sulfide) groups is 1. The van der Waals surface area contributed by atoms with E-state index in [2.05, 4.69) is 0 Å². The van der Waals surface area contributed by atoms with Crippen molar-refractivity contribution in [3.05, 3.63) is 58.9 Å². The van der Waals surface area contributed by atoms with Gasteiger partial charge in [0.05, 0.1) is 0 Å². The first-order valence-electron chi connectivity index (χ1n) is 5.07. The van der Waals surface area contributed by atoms with E-state index in [1.807, 2.05) is 24.3 Å². The van der Waals surface area contributed by atoms with Gasteiger partial charge in [0.25, 0.3) is 0 Å². The molecule has 2 aromatic rings. The summed E-state index contributed by atoms with van der Waals surface area (Å²) < 4.78 is 13.5. The van der Waals surface area contributed by atoms with Crippen molar-refractivity contribution in [1.82, 2.24) is 0 Å². The number of rotatable bonds is 3. The van der Waals surface area contributed by atoms with E-state index in [9.17, 15) is 4.39 Å². The number of halogens is 2. The Morgan fingerprint density at radius 3 is 2.71 bits per heavy atom. The standard InChI is InChI=1S/C13H11ClFNS/c14-10-2-1-3-12(6-10)17-8-9-4-5-11(16)7-13(9)15/h1-7H,8,16H2. The number of nitrogens with two attached hydrogens (primary N) is 1. The molecule has 0 aliphatic rings. The molecule has 0 aliphatic heterocycles. The summed E-state index contributed by atoms with van der Waals surface area (Å²) in [5.74, 6) is 0.298. The lowest BCUT2D eigenvalue weighted by Crippen LogP contribution is -1.91. The lowest BCUT2D eigenvalue weighted by atomic mass is 10.2. The van der Waals surface area contributed by atoms with Crippen LogP contribution in [0.3, 0.4) is 0 Å². The molecule has 0 atom stereocenters. The van der Waals surface area contributed by atoms with Crippen LogP contribution in [-0.2, 0) is 5.75 Å². The fourth-order valence-electron chi connectivity index (χ4n) is 1.40. The Morgan fingerprint density at radius 1 is 1.18 bits per heavy atom. The SMILES string of the molecule is Nc1ccc(CSc2cccc(Cl)c2)c(F)c1. The zero-order valence-electron chi connectivity index (χ0n) is 8.99. The molecule has 2 N–H and O–H groups in total. The molecule has 2 aromatic carbocycles. The van der Waals surface area contributed by atoms with Gasteiger partial charge in [-0.2, -0.15) is 0 Å². The molecule has 0 amide bonds. The summed E-state index contributed by atoms with van der Waals surface area (Å²) in [4.78, 5) is 1.02. The van der Waals surface area contributed by atoms with Gasteiger partial charge in [0.1, 0.15) is 5.82 Å². The summed E-state index contributed by atoms with van der Waals surface area (Å²) in [6, 6.07) is 12.3. The summed E-state index contributed by atoms with van der Waals surface area (Å²) in [7, 11) is 0. The summed E-state index contributed by atoms with van der Waals surface area (Å²) in [5, 5.41) is 0.688. The van der Waals surface area contributed by atoms with Crippen LogP contribution in [0.2, 0.25) is 5.02 Å². The first kappa shape index (κ1) is 12.3. The van der Waals surface area contributed by atoms with E-state index >= 15 is 0 Å². The van der Waals surface area contributed by atoms with E-state index in [0.717, 1.165) is 4.90 Å². The first-order valence-corrected chi connectivity index (χ1v) is 6.44. The van der Waals surface area contributed by atoms with Gasteiger partial charge in [-0.1, -0.05) is 23.7 Å². The molecule has 0 heterocycles. The minimum absolute atomic E-state index is 0.264. The second kappa shape index (κ2) is 5.43. The molecule has 0 saturated heterocycles. The minimum Gasteiger partial charge on any atom is -0.399 e. The fraction of sp³-hybridized carbons (Fsp3) is 0.0769. The molecule has 0 aromatic heterocycles. The minimum atomic E-state index is -0.264. The van der Waals surface area contributed by atoms with Crippen molar-refractivity contribution in [3.8, 4) is 0 Å². The van der Waals surface area contributed by atoms with Gasteiger partial charge in [0, 0.05) is 21.4 Å². The average molecular weight is 268 g/mol. The van der Waals surface area contributed by atoms with Crippen molar-refractivity contribution in [2.24, 2.45) is 0 Å². The van der Waals surface area contributed by atoms with E-state index in [1.165, 1.54) is 6.07 Å². The Kier molecular flexibility index (Phi) is 3.92. The molecule has 0 radical (unpaired) electrons. The second-order valence-corrected chi connectivity index (χ2v) is 5.08. The van der Waals surface area contributed by atoms with Gasteiger partial charge in [0.2, 0.25) is 0 Å². The summed E-state index contributed by atoms with van der Waals surface area (Å²) in [5.41, 5.74) is 6.58. The van der Waals surface area contributed by atoms with Crippen molar-refractivity contribution in [3.63, 3.8) is 0 Å². The highest BCUT2D eigenvalue weighted by Crippen LogP contribution is 2.26. The third-order valence-electron chi connectivity index (χ3n) is 2.27. The second-order valence-electron chi connectivity index (χ2n) is 3.60. The number of benzene rings is 2. The zero-order chi connectivity index (χ0) is 12.3. The third-order valence-corrected chi connectivity index (χ3v) is 3.55. The maximum Gasteiger partial charge on any atom is 0.129 e. The highest BCUT2D eigenvalue weighted by Gasteiger charge is 2.03. The van der Waals surface area contributed by atoms with Gasteiger partial charge in [0.15, 0.2) is 0 Å². The molecule has 1 nitrogen and oxygen atoms in total. The predicted octanol–water partition coefficient (Wildman–Crippen LogP) is 4.35. The maximum absolute atomic E-state index is 13.5. The van der Waals surface area contributed by atoms with E-state index in [0.29, 0.717) is 22.0 Å². The lowest BCUT2D eigenvalue weighted by Gasteiger charge is -2.04. The lowest BCUT2D eigenvalue weighted by molar-refractivity contribution is 0.618. The van der Waals surface area contributed by atoms with Crippen molar-refractivity contribution < 1.29 is 4.39 Å². The van der Waals surface area contributed by atoms with Crippen LogP contribution in [0, 0.1) is 5.82 Å². The van der Waals surface area contributed by atoms with Crippen LogP contribution < -0.4 is 5.73 Å². The number of hydrogen-bond acceptors (Lipinski definition) is 2. The maximum atomic E-state index is 13.5. The van der Waals surface area contributed by atoms with Crippen molar-refractivity contribution in [2.75, 3.05) is 5.73 Å². The normalized spacial score (nSPS) is 10.5. The molecule has 0 fully saturated rings. The Hall–Kier alpha value is -1.19. The molecule has 2 rings (SSSR count). The van der Waals surface area contributed by atoms with Gasteiger partial charge in [-0.15, -0.1) is 11.8 Å². The molecule has 17 heavy (non-hydrogen) atoms. The molecular weight excluding hydrogens is 257 g/mol. The topological polar surface area (TPSA) is 26.0 Å². The van der Waals surface area contributed by atoms with Crippen molar-refractivity contribution in [1.29, 1.82) is 0 Å². The van der Waals surface area contributed by atoms with Gasteiger partial charge < -0.3 is 5.73 Å². The number of hydrogen-bond donors (Lipinski definition) is 1. The van der Waals surface area contributed by atoms with Crippen LogP contribution in [0.1, 0.15) is 5.56 Å². The van der Waals surface area contributed by atoms with E-state index in [-0.39, 0.29) is 5.82 Å². The van der Waals surface area contributed by atoms with Crippen LogP contribution in [0.5, 0.6) is 0 Å². The molecule has 0 bridgehead atoms. The van der Waals surface area contributed by atoms with E-state index in [1.54, 1.807) is 23.9 Å². The van der Waals surface area contributed by atoms with E-state index in [4.69, 9.17) is 17.3 Å². The molecule has 0 spiro atoms. The largest absolute Gasteiger partial charge is 0.399 e. The van der Waals surface area contributed by atoms with Crippen molar-refractivity contribution >= 4 is 29.1 Å². The van der Waals surface area contributed by atoms with Crippen LogP contribution in [0.25, 0.3) is 0 Å². The predicted molar refractivity (Wildman–Crippen MR) is 71.8 cm³/mol. The van der Waals surface area contributed by atoms with E-state index < -0.39 is 0 Å². The number of nitrogen functional groups attached to an aromatic ring is 1. The highest BCUT2D eigenvalue weighted by molar-refractivity contribution is 7.98. The average Bonchev–Trinajstić information content (AvgIpc) is 2.28. The highest BCUT2D eigenvalue weighted by atomic mass is 35.5. The van der Waals surface area contributed by atoms with Crippen LogP contribution in [0.15, 0.2) is 47.4 Å². The van der Waals surface area contributed by atoms with Crippen LogP contribution in [-0.4, -0.2) is 0 Å². The van der Waals surface area contributed by atoms with Gasteiger partial charge >= 0.3 is 0 Å². The van der Waals surface area contributed by atoms with Gasteiger partial charge in [-0.05, 0) is 35.9 Å². The van der Waals surface area contributed by atoms with Crippen LogP contribution in [0.4, 0.5) is 10.1 Å². The van der Waals surface area contributed by atoms with Crippen LogP contribution >= 0.6 is 23.4 Å². The zero-order valence-corrected chi connectivity index (χ0v) is 10.6. The molecule has 4 heteroatoms. The summed E-state index contributed by atoms with van der Waals surface area (Å²) in [6.07, 6.45) is 0. The molecule has 88 valence electrons. The van der Waals surface area contributed by atoms with Crippen molar-refractivity contribution in [2.45, 2.75) is 10.6 Å². The third kappa shape index (κ3) is 3.38. The molecule has 0 saturated carbocycles. The Morgan fingerprint density at radius 2 is 2.00 bits per heavy atom.